The molecule has 4 rings (SSSR count). The first-order chi connectivity index (χ1) is 15.3. The summed E-state index contributed by atoms with van der Waals surface area (Å²) < 4.78 is 6.03. The lowest BCUT2D eigenvalue weighted by Gasteiger charge is -2.36. The van der Waals surface area contributed by atoms with Gasteiger partial charge in [0.15, 0.2) is 5.96 Å². The van der Waals surface area contributed by atoms with Crippen LogP contribution in [-0.2, 0) is 6.54 Å². The van der Waals surface area contributed by atoms with Crippen LogP contribution < -0.4 is 15.0 Å². The highest BCUT2D eigenvalue weighted by Gasteiger charge is 2.21. The first-order valence-corrected chi connectivity index (χ1v) is 11.5. The van der Waals surface area contributed by atoms with Crippen molar-refractivity contribution in [1.29, 1.82) is 0 Å². The number of pyridine rings is 1. The summed E-state index contributed by atoms with van der Waals surface area (Å²) in [5, 5.41) is 3.42. The Kier molecular flexibility index (Phi) is 9.76. The number of nitrogens with zero attached hydrogens (tertiary/aromatic N) is 6. The van der Waals surface area contributed by atoms with Crippen molar-refractivity contribution in [3.05, 3.63) is 42.4 Å². The number of guanidine groups is 1. The maximum atomic E-state index is 6.03. The van der Waals surface area contributed by atoms with E-state index in [-0.39, 0.29) is 24.0 Å². The van der Waals surface area contributed by atoms with E-state index >= 15 is 0 Å². The molecule has 0 spiro atoms. The average Bonchev–Trinajstić information content (AvgIpc) is 2.84. The Morgan fingerprint density at radius 2 is 1.81 bits per heavy atom. The first-order valence-electron chi connectivity index (χ1n) is 11.5. The molecule has 1 aliphatic carbocycles. The van der Waals surface area contributed by atoms with Crippen molar-refractivity contribution in [3.63, 3.8) is 0 Å². The second-order valence-electron chi connectivity index (χ2n) is 8.08. The molecule has 3 heterocycles. The van der Waals surface area contributed by atoms with Crippen molar-refractivity contribution < 1.29 is 4.74 Å². The summed E-state index contributed by atoms with van der Waals surface area (Å²) in [7, 11) is 0. The third-order valence-electron chi connectivity index (χ3n) is 5.80. The maximum absolute atomic E-state index is 6.03. The topological polar surface area (TPSA) is 78.8 Å². The van der Waals surface area contributed by atoms with Gasteiger partial charge < -0.3 is 19.9 Å². The molecule has 0 atom stereocenters. The Hall–Kier alpha value is -2.17. The molecule has 2 fully saturated rings. The number of hydrogen-bond donors (Lipinski definition) is 1. The molecular formula is C23H34IN7O. The molecule has 2 aromatic heterocycles. The van der Waals surface area contributed by atoms with E-state index in [1.165, 1.54) is 19.3 Å². The monoisotopic (exact) mass is 551 g/mol. The van der Waals surface area contributed by atoms with Crippen LogP contribution in [0.1, 0.15) is 44.6 Å². The number of aliphatic imine (C=N–C) groups is 1. The molecule has 0 aromatic carbocycles. The Morgan fingerprint density at radius 1 is 1.06 bits per heavy atom. The number of rotatable bonds is 6. The number of halogens is 1. The molecular weight excluding hydrogens is 517 g/mol. The van der Waals surface area contributed by atoms with Crippen LogP contribution >= 0.6 is 24.0 Å². The Balaban J connectivity index is 0.00000289. The fraction of sp³-hybridized carbons (Fsp3) is 0.565. The molecule has 8 nitrogen and oxygen atoms in total. The number of nitrogens with one attached hydrogen (secondary N) is 1. The number of hydrogen-bond acceptors (Lipinski definition) is 6. The minimum Gasteiger partial charge on any atom is -0.474 e. The van der Waals surface area contributed by atoms with Gasteiger partial charge in [-0.05, 0) is 44.2 Å². The second-order valence-corrected chi connectivity index (χ2v) is 8.08. The highest BCUT2D eigenvalue weighted by molar-refractivity contribution is 14.0. The molecule has 2 aromatic rings. The largest absolute Gasteiger partial charge is 0.474 e. The van der Waals surface area contributed by atoms with E-state index in [2.05, 4.69) is 43.1 Å². The molecule has 0 unspecified atom stereocenters. The summed E-state index contributed by atoms with van der Waals surface area (Å²) in [5.74, 6) is 2.47. The van der Waals surface area contributed by atoms with Crippen LogP contribution in [0.2, 0.25) is 0 Å². The van der Waals surface area contributed by atoms with Gasteiger partial charge in [-0.15, -0.1) is 24.0 Å². The van der Waals surface area contributed by atoms with E-state index in [0.717, 1.165) is 68.9 Å². The molecule has 32 heavy (non-hydrogen) atoms. The number of anilines is 1. The maximum Gasteiger partial charge on any atom is 0.225 e. The van der Waals surface area contributed by atoms with Crippen molar-refractivity contribution in [2.45, 2.75) is 51.7 Å². The predicted octanol–water partition coefficient (Wildman–Crippen LogP) is 3.49. The summed E-state index contributed by atoms with van der Waals surface area (Å²) >= 11 is 0. The second kappa shape index (κ2) is 12.8. The smallest absolute Gasteiger partial charge is 0.225 e. The van der Waals surface area contributed by atoms with Gasteiger partial charge >= 0.3 is 0 Å². The number of aromatic nitrogens is 3. The van der Waals surface area contributed by atoms with Crippen molar-refractivity contribution in [2.75, 3.05) is 37.6 Å². The first kappa shape index (κ1) is 24.5. The van der Waals surface area contributed by atoms with Gasteiger partial charge in [-0.2, -0.15) is 0 Å². The van der Waals surface area contributed by atoms with Crippen LogP contribution in [0, 0.1) is 0 Å². The average molecular weight is 551 g/mol. The van der Waals surface area contributed by atoms with E-state index in [1.54, 1.807) is 12.4 Å². The molecule has 1 aliphatic heterocycles. The zero-order chi connectivity index (χ0) is 21.3. The van der Waals surface area contributed by atoms with Crippen molar-refractivity contribution in [1.82, 2.24) is 25.2 Å². The summed E-state index contributed by atoms with van der Waals surface area (Å²) in [6.45, 7) is 7.07. The van der Waals surface area contributed by atoms with Gasteiger partial charge in [-0.3, -0.25) is 0 Å². The van der Waals surface area contributed by atoms with Crippen molar-refractivity contribution in [3.8, 4) is 5.88 Å². The van der Waals surface area contributed by atoms with Gasteiger partial charge in [0.2, 0.25) is 11.8 Å². The minimum atomic E-state index is 0. The van der Waals surface area contributed by atoms with Gasteiger partial charge in [0, 0.05) is 57.4 Å². The van der Waals surface area contributed by atoms with Crippen LogP contribution in [0.15, 0.2) is 41.8 Å². The van der Waals surface area contributed by atoms with E-state index < -0.39 is 0 Å². The lowest BCUT2D eigenvalue weighted by molar-refractivity contribution is 0.148. The van der Waals surface area contributed by atoms with Gasteiger partial charge in [0.05, 0.1) is 6.54 Å². The molecule has 0 bridgehead atoms. The molecule has 0 radical (unpaired) electrons. The standard InChI is InChI=1S/C23H33N7O.HI/c1-2-24-22(29-13-15-30(16-14-29)23-25-11-6-12-26-23)28-18-19-9-10-21(27-17-19)31-20-7-4-3-5-8-20;/h6,9-12,17,20H,2-5,7-8,13-16,18H2,1H3,(H,24,28);1H. The fourth-order valence-electron chi connectivity index (χ4n) is 4.09. The van der Waals surface area contributed by atoms with Crippen LogP contribution in [-0.4, -0.2) is 64.6 Å². The van der Waals surface area contributed by atoms with E-state index in [0.29, 0.717) is 12.6 Å². The zero-order valence-corrected chi connectivity index (χ0v) is 21.1. The zero-order valence-electron chi connectivity index (χ0n) is 18.8. The van der Waals surface area contributed by atoms with Crippen molar-refractivity contribution in [2.24, 2.45) is 4.99 Å². The lowest BCUT2D eigenvalue weighted by atomic mass is 9.98. The molecule has 1 N–H and O–H groups in total. The van der Waals surface area contributed by atoms with E-state index in [9.17, 15) is 0 Å². The minimum absolute atomic E-state index is 0. The molecule has 1 saturated heterocycles. The fourth-order valence-corrected chi connectivity index (χ4v) is 4.09. The Labute approximate surface area is 207 Å². The van der Waals surface area contributed by atoms with Crippen molar-refractivity contribution >= 4 is 35.9 Å². The highest BCUT2D eigenvalue weighted by Crippen LogP contribution is 2.22. The SMILES string of the molecule is CCNC(=NCc1ccc(OC2CCCCC2)nc1)N1CCN(c2ncccn2)CC1.I. The van der Waals surface area contributed by atoms with Gasteiger partial charge in [0.1, 0.15) is 6.10 Å². The number of ether oxygens (including phenoxy) is 1. The summed E-state index contributed by atoms with van der Waals surface area (Å²) in [4.78, 5) is 22.6. The summed E-state index contributed by atoms with van der Waals surface area (Å²) in [6.07, 6.45) is 11.9. The van der Waals surface area contributed by atoms with Gasteiger partial charge in [-0.25, -0.2) is 19.9 Å². The van der Waals surface area contributed by atoms with Crippen LogP contribution in [0.3, 0.4) is 0 Å². The molecule has 2 aliphatic rings. The molecule has 174 valence electrons. The highest BCUT2D eigenvalue weighted by atomic mass is 127. The van der Waals surface area contributed by atoms with Crippen LogP contribution in [0.25, 0.3) is 0 Å². The third kappa shape index (κ3) is 6.91. The summed E-state index contributed by atoms with van der Waals surface area (Å²) in [5.41, 5.74) is 1.09. The molecule has 9 heteroatoms. The normalized spacial score (nSPS) is 17.6. The van der Waals surface area contributed by atoms with Gasteiger partial charge in [0.25, 0.3) is 0 Å². The summed E-state index contributed by atoms with van der Waals surface area (Å²) in [6, 6.07) is 5.90. The van der Waals surface area contributed by atoms with Gasteiger partial charge in [-0.1, -0.05) is 12.5 Å². The molecule has 1 saturated carbocycles. The van der Waals surface area contributed by atoms with E-state index in [4.69, 9.17) is 9.73 Å². The lowest BCUT2D eigenvalue weighted by Crippen LogP contribution is -2.52. The molecule has 0 amide bonds. The van der Waals surface area contributed by atoms with Crippen LogP contribution in [0.4, 0.5) is 5.95 Å². The van der Waals surface area contributed by atoms with Crippen LogP contribution in [0.5, 0.6) is 5.88 Å². The van der Waals surface area contributed by atoms with E-state index in [1.807, 2.05) is 18.3 Å². The quantitative estimate of drug-likeness (QED) is 0.335. The Morgan fingerprint density at radius 3 is 2.47 bits per heavy atom. The predicted molar refractivity (Wildman–Crippen MR) is 138 cm³/mol. The third-order valence-corrected chi connectivity index (χ3v) is 5.80. The number of piperazine rings is 1. The Bertz CT molecular complexity index is 820.